The molecule has 2 aromatic rings. The van der Waals surface area contributed by atoms with Crippen molar-refractivity contribution in [2.45, 2.75) is 19.9 Å². The van der Waals surface area contributed by atoms with Crippen LogP contribution in [0.25, 0.3) is 11.1 Å². The molecule has 0 aliphatic rings. The number of benzene rings is 2. The molecule has 0 amide bonds. The molecule has 0 bridgehead atoms. The zero-order valence-electron chi connectivity index (χ0n) is 11.2. The molecule has 2 aromatic carbocycles. The Kier molecular flexibility index (Phi) is 5.41. The summed E-state index contributed by atoms with van der Waals surface area (Å²) >= 11 is 12.0. The maximum absolute atomic E-state index is 13.9. The van der Waals surface area contributed by atoms with Gasteiger partial charge in [0.25, 0.3) is 0 Å². The Hall–Kier alpha value is -1.09. The molecule has 0 saturated heterocycles. The Morgan fingerprint density at radius 1 is 1.05 bits per heavy atom. The summed E-state index contributed by atoms with van der Waals surface area (Å²) in [5, 5.41) is 4.23. The lowest BCUT2D eigenvalue weighted by atomic mass is 10.0. The summed E-state index contributed by atoms with van der Waals surface area (Å²) in [5.41, 5.74) is 2.23. The second kappa shape index (κ2) is 7.07. The number of halogens is 3. The van der Waals surface area contributed by atoms with Crippen molar-refractivity contribution in [1.29, 1.82) is 0 Å². The first-order chi connectivity index (χ1) is 9.61. The van der Waals surface area contributed by atoms with Crippen molar-refractivity contribution in [2.24, 2.45) is 0 Å². The molecule has 1 nitrogen and oxygen atoms in total. The van der Waals surface area contributed by atoms with Crippen LogP contribution in [0.15, 0.2) is 36.4 Å². The van der Waals surface area contributed by atoms with Crippen LogP contribution in [0.2, 0.25) is 10.0 Å². The van der Waals surface area contributed by atoms with Crippen LogP contribution in [0.4, 0.5) is 4.39 Å². The standard InChI is InChI=1S/C16H16Cl2FN/c1-2-7-20-10-11-3-5-13(15(18)8-11)14-6-4-12(17)9-16(14)19/h3-6,8-9,20H,2,7,10H2,1H3. The number of hydrogen-bond acceptors (Lipinski definition) is 1. The summed E-state index contributed by atoms with van der Waals surface area (Å²) in [4.78, 5) is 0. The van der Waals surface area contributed by atoms with Crippen LogP contribution in [0.3, 0.4) is 0 Å². The second-order valence-corrected chi connectivity index (χ2v) is 5.46. The van der Waals surface area contributed by atoms with E-state index in [4.69, 9.17) is 23.2 Å². The van der Waals surface area contributed by atoms with E-state index < -0.39 is 0 Å². The molecule has 0 aliphatic carbocycles. The third-order valence-electron chi connectivity index (χ3n) is 3.01. The van der Waals surface area contributed by atoms with Crippen molar-refractivity contribution in [2.75, 3.05) is 6.54 Å². The summed E-state index contributed by atoms with van der Waals surface area (Å²) in [5.74, 6) is -0.365. The third kappa shape index (κ3) is 3.72. The molecule has 0 aliphatic heterocycles. The molecule has 4 heteroatoms. The van der Waals surface area contributed by atoms with Crippen molar-refractivity contribution < 1.29 is 4.39 Å². The zero-order valence-corrected chi connectivity index (χ0v) is 12.7. The van der Waals surface area contributed by atoms with Crippen LogP contribution in [0.5, 0.6) is 0 Å². The normalized spacial score (nSPS) is 10.8. The Morgan fingerprint density at radius 3 is 2.45 bits per heavy atom. The van der Waals surface area contributed by atoms with Gasteiger partial charge in [-0.05, 0) is 42.8 Å². The minimum atomic E-state index is -0.365. The highest BCUT2D eigenvalue weighted by Gasteiger charge is 2.10. The minimum absolute atomic E-state index is 0.365. The highest BCUT2D eigenvalue weighted by Crippen LogP contribution is 2.31. The zero-order chi connectivity index (χ0) is 14.5. The fourth-order valence-electron chi connectivity index (χ4n) is 2.00. The lowest BCUT2D eigenvalue weighted by Gasteiger charge is -2.09. The predicted octanol–water partition coefficient (Wildman–Crippen LogP) is 5.30. The molecular formula is C16H16Cl2FN. The fraction of sp³-hybridized carbons (Fsp3) is 0.250. The van der Waals surface area contributed by atoms with Gasteiger partial charge in [0.2, 0.25) is 0 Å². The molecule has 0 heterocycles. The Bertz CT molecular complexity index is 599. The van der Waals surface area contributed by atoms with E-state index in [0.717, 1.165) is 25.1 Å². The first kappa shape index (κ1) is 15.3. The smallest absolute Gasteiger partial charge is 0.132 e. The maximum atomic E-state index is 13.9. The molecule has 106 valence electrons. The van der Waals surface area contributed by atoms with E-state index in [-0.39, 0.29) is 5.82 Å². The van der Waals surface area contributed by atoms with Gasteiger partial charge in [-0.25, -0.2) is 4.39 Å². The second-order valence-electron chi connectivity index (χ2n) is 4.62. The Balaban J connectivity index is 2.25. The fourth-order valence-corrected chi connectivity index (χ4v) is 2.47. The molecule has 20 heavy (non-hydrogen) atoms. The lowest BCUT2D eigenvalue weighted by Crippen LogP contribution is -2.13. The lowest BCUT2D eigenvalue weighted by molar-refractivity contribution is 0.631. The summed E-state index contributed by atoms with van der Waals surface area (Å²) in [6, 6.07) is 10.3. The van der Waals surface area contributed by atoms with Gasteiger partial charge in [-0.1, -0.05) is 42.3 Å². The van der Waals surface area contributed by atoms with Crippen molar-refractivity contribution in [1.82, 2.24) is 5.32 Å². The van der Waals surface area contributed by atoms with E-state index in [1.807, 2.05) is 18.2 Å². The Morgan fingerprint density at radius 2 is 1.80 bits per heavy atom. The monoisotopic (exact) mass is 311 g/mol. The Labute approximate surface area is 128 Å². The van der Waals surface area contributed by atoms with Crippen LogP contribution >= 0.6 is 23.2 Å². The van der Waals surface area contributed by atoms with Crippen LogP contribution in [-0.4, -0.2) is 6.54 Å². The molecule has 0 atom stereocenters. The van der Waals surface area contributed by atoms with Crippen molar-refractivity contribution in [3.05, 3.63) is 57.8 Å². The molecule has 2 rings (SSSR count). The van der Waals surface area contributed by atoms with E-state index in [2.05, 4.69) is 12.2 Å². The van der Waals surface area contributed by atoms with Crippen LogP contribution in [0.1, 0.15) is 18.9 Å². The van der Waals surface area contributed by atoms with Gasteiger partial charge in [-0.3, -0.25) is 0 Å². The highest BCUT2D eigenvalue weighted by atomic mass is 35.5. The molecule has 0 aromatic heterocycles. The minimum Gasteiger partial charge on any atom is -0.313 e. The number of hydrogen-bond donors (Lipinski definition) is 1. The summed E-state index contributed by atoms with van der Waals surface area (Å²) in [6.07, 6.45) is 1.09. The summed E-state index contributed by atoms with van der Waals surface area (Å²) in [6.45, 7) is 3.84. The first-order valence-electron chi connectivity index (χ1n) is 6.56. The number of nitrogens with one attached hydrogen (secondary N) is 1. The topological polar surface area (TPSA) is 12.0 Å². The van der Waals surface area contributed by atoms with Crippen molar-refractivity contribution >= 4 is 23.2 Å². The molecule has 0 spiro atoms. The molecular weight excluding hydrogens is 296 g/mol. The largest absolute Gasteiger partial charge is 0.313 e. The van der Waals surface area contributed by atoms with Crippen LogP contribution in [0, 0.1) is 5.82 Å². The van der Waals surface area contributed by atoms with Crippen molar-refractivity contribution in [3.8, 4) is 11.1 Å². The SMILES string of the molecule is CCCNCc1ccc(-c2ccc(Cl)cc2F)c(Cl)c1. The molecule has 0 radical (unpaired) electrons. The van der Waals surface area contributed by atoms with Gasteiger partial charge in [0.15, 0.2) is 0 Å². The molecule has 0 saturated carbocycles. The van der Waals surface area contributed by atoms with Gasteiger partial charge < -0.3 is 5.32 Å². The quantitative estimate of drug-likeness (QED) is 0.739. The van der Waals surface area contributed by atoms with Gasteiger partial charge in [-0.15, -0.1) is 0 Å². The van der Waals surface area contributed by atoms with Gasteiger partial charge in [0.05, 0.1) is 0 Å². The van der Waals surface area contributed by atoms with E-state index in [1.165, 1.54) is 6.07 Å². The average molecular weight is 312 g/mol. The predicted molar refractivity (Wildman–Crippen MR) is 83.9 cm³/mol. The number of rotatable bonds is 5. The molecule has 1 N–H and O–H groups in total. The van der Waals surface area contributed by atoms with E-state index in [1.54, 1.807) is 12.1 Å². The maximum Gasteiger partial charge on any atom is 0.132 e. The summed E-state index contributed by atoms with van der Waals surface area (Å²) in [7, 11) is 0. The van der Waals surface area contributed by atoms with Gasteiger partial charge in [0, 0.05) is 27.7 Å². The summed E-state index contributed by atoms with van der Waals surface area (Å²) < 4.78 is 13.9. The van der Waals surface area contributed by atoms with E-state index >= 15 is 0 Å². The van der Waals surface area contributed by atoms with Gasteiger partial charge in [-0.2, -0.15) is 0 Å². The highest BCUT2D eigenvalue weighted by molar-refractivity contribution is 6.33. The van der Waals surface area contributed by atoms with Gasteiger partial charge in [0.1, 0.15) is 5.82 Å². The third-order valence-corrected chi connectivity index (χ3v) is 3.56. The van der Waals surface area contributed by atoms with E-state index in [0.29, 0.717) is 21.2 Å². The molecule has 0 fully saturated rings. The van der Waals surface area contributed by atoms with Crippen LogP contribution < -0.4 is 5.32 Å². The van der Waals surface area contributed by atoms with Gasteiger partial charge >= 0.3 is 0 Å². The first-order valence-corrected chi connectivity index (χ1v) is 7.32. The average Bonchev–Trinajstić information content (AvgIpc) is 2.40. The van der Waals surface area contributed by atoms with E-state index in [9.17, 15) is 4.39 Å². The van der Waals surface area contributed by atoms with Crippen molar-refractivity contribution in [3.63, 3.8) is 0 Å². The van der Waals surface area contributed by atoms with Crippen LogP contribution in [-0.2, 0) is 6.54 Å². The molecule has 0 unspecified atom stereocenters.